The molecular formula is C41H66O13. The maximum Gasteiger partial charge on any atom is 0.310 e. The highest BCUT2D eigenvalue weighted by Crippen LogP contribution is 2.76. The molecule has 5 aliphatic carbocycles. The van der Waals surface area contributed by atoms with Crippen molar-refractivity contribution < 1.29 is 64.6 Å². The molecule has 2 heterocycles. The van der Waals surface area contributed by atoms with Gasteiger partial charge in [0.1, 0.15) is 42.7 Å². The van der Waals surface area contributed by atoms with E-state index in [-0.39, 0.29) is 46.2 Å². The number of rotatable bonds is 6. The van der Waals surface area contributed by atoms with Crippen LogP contribution in [0.4, 0.5) is 0 Å². The van der Waals surface area contributed by atoms with Crippen LogP contribution in [-0.2, 0) is 23.7 Å². The zero-order valence-corrected chi connectivity index (χ0v) is 33.1. The van der Waals surface area contributed by atoms with Crippen LogP contribution in [0.3, 0.4) is 0 Å². The number of allylic oxidation sites excluding steroid dienone is 1. The van der Waals surface area contributed by atoms with E-state index < -0.39 is 84.8 Å². The molecule has 13 heteroatoms. The largest absolute Gasteiger partial charge is 0.481 e. The third-order valence-corrected chi connectivity index (χ3v) is 17.3. The highest BCUT2D eigenvalue weighted by molar-refractivity contribution is 5.77. The fourth-order valence-electron chi connectivity index (χ4n) is 13.6. The first kappa shape index (κ1) is 40.9. The van der Waals surface area contributed by atoms with Crippen LogP contribution in [0, 0.1) is 50.7 Å². The summed E-state index contributed by atoms with van der Waals surface area (Å²) >= 11 is 0. The van der Waals surface area contributed by atoms with Crippen LogP contribution in [0.5, 0.6) is 0 Å². The highest BCUT2D eigenvalue weighted by atomic mass is 16.8. The number of aliphatic hydroxyl groups excluding tert-OH is 6. The Labute approximate surface area is 319 Å². The van der Waals surface area contributed by atoms with Crippen LogP contribution in [-0.4, -0.2) is 127 Å². The first-order chi connectivity index (χ1) is 25.1. The third-order valence-electron chi connectivity index (χ3n) is 17.3. The second-order valence-corrected chi connectivity index (χ2v) is 19.9. The number of carboxylic acid groups (broad SMARTS) is 1. The summed E-state index contributed by atoms with van der Waals surface area (Å²) in [5, 5.41) is 85.5. The SMILES string of the molecule is C[C@@H]1CC[C@@]2(C(=O)O)CC[C@@]3(C)C(=CC[C@H]4[C@]5(C)CC[C@@H](O[C@H]6OC[C@H](O)[C@@H](O)[C@@H]6O[C@H]6O[C@@H](CO)[C@H](O)[C@@H](O)[C@@H]6O)C(C)(C)[C@H]5CC[C@@]43C)[C@H]2[C@@]1(C)O. The zero-order valence-electron chi connectivity index (χ0n) is 33.1. The molecule has 0 aromatic rings. The van der Waals surface area contributed by atoms with Gasteiger partial charge in [-0.05, 0) is 104 Å². The van der Waals surface area contributed by atoms with Gasteiger partial charge in [-0.2, -0.15) is 0 Å². The van der Waals surface area contributed by atoms with Crippen molar-refractivity contribution in [1.29, 1.82) is 0 Å². The maximum absolute atomic E-state index is 13.1. The van der Waals surface area contributed by atoms with E-state index in [0.29, 0.717) is 31.6 Å². The lowest BCUT2D eigenvalue weighted by molar-refractivity contribution is -0.367. The molecule has 8 N–H and O–H groups in total. The molecule has 0 amide bonds. The van der Waals surface area contributed by atoms with E-state index in [1.165, 1.54) is 0 Å². The predicted molar refractivity (Wildman–Crippen MR) is 193 cm³/mol. The molecule has 4 saturated carbocycles. The van der Waals surface area contributed by atoms with E-state index >= 15 is 0 Å². The number of aliphatic carboxylic acids is 1. The number of aliphatic hydroxyl groups is 7. The third kappa shape index (κ3) is 5.68. The summed E-state index contributed by atoms with van der Waals surface area (Å²) in [4.78, 5) is 13.1. The highest BCUT2D eigenvalue weighted by Gasteiger charge is 2.71. The standard InChI is InChI=1S/C41H66O13/c1-20-10-15-41(35(48)49)17-16-38(5)21(32(41)40(20,7)50)8-9-25-37(4)13-12-26(36(2,3)24(37)11-14-39(25,38)6)53-34-31(27(44)22(43)19-51-34)54-33-30(47)29(46)28(45)23(18-42)52-33/h8,20,22-34,42-47,50H,9-19H2,1-7H3,(H,48,49)/t20-,22+,23+,24-,25+,26-,27-,28+,29-,30+,31+,32+,33-,34-,37-,38+,39+,40+,41-/m1/s1. The first-order valence-corrected chi connectivity index (χ1v) is 20.4. The molecule has 19 atom stereocenters. The average Bonchev–Trinajstić information content (AvgIpc) is 3.10. The van der Waals surface area contributed by atoms with Crippen LogP contribution in [0.15, 0.2) is 11.6 Å². The molecule has 308 valence electrons. The fourth-order valence-corrected chi connectivity index (χ4v) is 13.6. The van der Waals surface area contributed by atoms with Crippen LogP contribution >= 0.6 is 0 Å². The van der Waals surface area contributed by atoms with E-state index in [4.69, 9.17) is 18.9 Å². The van der Waals surface area contributed by atoms with E-state index in [9.17, 15) is 45.6 Å². The lowest BCUT2D eigenvalue weighted by atomic mass is 9.33. The molecule has 0 unspecified atom stereocenters. The lowest BCUT2D eigenvalue weighted by Crippen LogP contribution is -2.68. The van der Waals surface area contributed by atoms with E-state index in [1.807, 2.05) is 6.92 Å². The van der Waals surface area contributed by atoms with Gasteiger partial charge in [-0.1, -0.05) is 53.2 Å². The van der Waals surface area contributed by atoms with Crippen molar-refractivity contribution in [2.75, 3.05) is 13.2 Å². The Hall–Kier alpha value is -1.23. The Balaban J connectivity index is 1.14. The summed E-state index contributed by atoms with van der Waals surface area (Å²) in [5.41, 5.74) is -1.77. The Kier molecular flexibility index (Phi) is 10.4. The number of ether oxygens (including phenoxy) is 4. The molecule has 0 aromatic heterocycles. The van der Waals surface area contributed by atoms with Gasteiger partial charge in [0.05, 0.1) is 30.3 Å². The summed E-state index contributed by atoms with van der Waals surface area (Å²) in [5.74, 6) is -0.672. The quantitative estimate of drug-likeness (QED) is 0.144. The zero-order chi connectivity index (χ0) is 39.6. The number of hydrogen-bond donors (Lipinski definition) is 8. The van der Waals surface area contributed by atoms with Crippen molar-refractivity contribution in [1.82, 2.24) is 0 Å². The molecule has 0 radical (unpaired) electrons. The molecule has 0 bridgehead atoms. The summed E-state index contributed by atoms with van der Waals surface area (Å²) in [6, 6.07) is 0. The number of carboxylic acids is 1. The smallest absolute Gasteiger partial charge is 0.310 e. The lowest BCUT2D eigenvalue weighted by Gasteiger charge is -2.72. The number of carbonyl (C=O) groups is 1. The molecule has 0 aromatic carbocycles. The van der Waals surface area contributed by atoms with Crippen molar-refractivity contribution in [2.45, 2.75) is 173 Å². The summed E-state index contributed by atoms with van der Waals surface area (Å²) in [6.45, 7) is 14.7. The second kappa shape index (κ2) is 13.7. The van der Waals surface area contributed by atoms with Gasteiger partial charge in [0.25, 0.3) is 0 Å². The minimum Gasteiger partial charge on any atom is -0.481 e. The van der Waals surface area contributed by atoms with E-state index in [2.05, 4.69) is 47.6 Å². The molecule has 0 spiro atoms. The molecule has 7 rings (SSSR count). The monoisotopic (exact) mass is 766 g/mol. The predicted octanol–water partition coefficient (Wildman–Crippen LogP) is 2.49. The van der Waals surface area contributed by atoms with Crippen LogP contribution in [0.1, 0.15) is 106 Å². The first-order valence-electron chi connectivity index (χ1n) is 20.4. The van der Waals surface area contributed by atoms with Gasteiger partial charge in [0, 0.05) is 5.92 Å². The van der Waals surface area contributed by atoms with Gasteiger partial charge in [-0.3, -0.25) is 4.79 Å². The Morgan fingerprint density at radius 2 is 1.54 bits per heavy atom. The van der Waals surface area contributed by atoms with Crippen molar-refractivity contribution >= 4 is 5.97 Å². The second-order valence-electron chi connectivity index (χ2n) is 19.9. The minimum atomic E-state index is -1.71. The summed E-state index contributed by atoms with van der Waals surface area (Å²) in [6.07, 6.45) is -4.14. The van der Waals surface area contributed by atoms with Crippen LogP contribution in [0.25, 0.3) is 0 Å². The molecule has 7 aliphatic rings. The summed E-state index contributed by atoms with van der Waals surface area (Å²) < 4.78 is 24.2. The summed E-state index contributed by atoms with van der Waals surface area (Å²) in [7, 11) is 0. The Bertz CT molecular complexity index is 1470. The molecule has 6 fully saturated rings. The maximum atomic E-state index is 13.1. The van der Waals surface area contributed by atoms with Crippen molar-refractivity contribution in [3.8, 4) is 0 Å². The average molecular weight is 767 g/mol. The van der Waals surface area contributed by atoms with Gasteiger partial charge in [-0.15, -0.1) is 0 Å². The van der Waals surface area contributed by atoms with Crippen LogP contribution in [0.2, 0.25) is 0 Å². The Morgan fingerprint density at radius 1 is 0.833 bits per heavy atom. The molecule has 13 nitrogen and oxygen atoms in total. The molecule has 2 aliphatic heterocycles. The van der Waals surface area contributed by atoms with Gasteiger partial charge < -0.3 is 59.8 Å². The van der Waals surface area contributed by atoms with Crippen LogP contribution < -0.4 is 0 Å². The van der Waals surface area contributed by atoms with E-state index in [1.54, 1.807) is 0 Å². The minimum absolute atomic E-state index is 0.00666. The number of hydrogen-bond acceptors (Lipinski definition) is 12. The van der Waals surface area contributed by atoms with Gasteiger partial charge in [-0.25, -0.2) is 0 Å². The fraction of sp³-hybridized carbons (Fsp3) is 0.927. The van der Waals surface area contributed by atoms with Crippen molar-refractivity contribution in [3.05, 3.63) is 11.6 Å². The molecular weight excluding hydrogens is 700 g/mol. The van der Waals surface area contributed by atoms with Crippen molar-refractivity contribution in [2.24, 2.45) is 50.7 Å². The van der Waals surface area contributed by atoms with Crippen molar-refractivity contribution in [3.63, 3.8) is 0 Å². The van der Waals surface area contributed by atoms with E-state index in [0.717, 1.165) is 37.7 Å². The Morgan fingerprint density at radius 3 is 2.20 bits per heavy atom. The molecule has 2 saturated heterocycles. The normalized spacial score (nSPS) is 55.7. The van der Waals surface area contributed by atoms with Gasteiger partial charge in [0.15, 0.2) is 12.6 Å². The number of fused-ring (bicyclic) bond motifs is 7. The van der Waals surface area contributed by atoms with Gasteiger partial charge >= 0.3 is 5.97 Å². The molecule has 54 heavy (non-hydrogen) atoms. The topological polar surface area (TPSA) is 216 Å². The van der Waals surface area contributed by atoms with Gasteiger partial charge in [0.2, 0.25) is 0 Å².